The predicted octanol–water partition coefficient (Wildman–Crippen LogP) is 1.19. The second kappa shape index (κ2) is 3.76. The Balaban J connectivity index is 2.83. The standard InChI is InChI=1S/C10H11NO2/c1-7(10(11)12)8-3-5-9(13-2)6-4-8/h3-6H,1H2,2H3,(H2,11,12)/i2D. The summed E-state index contributed by atoms with van der Waals surface area (Å²) in [5.41, 5.74) is 5.99. The summed E-state index contributed by atoms with van der Waals surface area (Å²) in [6.45, 7) is 3.55. The molecule has 2 N–H and O–H groups in total. The molecule has 3 heteroatoms. The van der Waals surface area contributed by atoms with Crippen LogP contribution < -0.4 is 10.5 Å². The van der Waals surface area contributed by atoms with Crippen molar-refractivity contribution in [2.24, 2.45) is 5.73 Å². The minimum absolute atomic E-state index is 0.129. The number of benzene rings is 1. The van der Waals surface area contributed by atoms with E-state index in [0.29, 0.717) is 11.3 Å². The molecular formula is C10H11NO2. The number of amides is 1. The van der Waals surface area contributed by atoms with Crippen LogP contribution in [0.4, 0.5) is 0 Å². The zero-order valence-corrected chi connectivity index (χ0v) is 7.12. The Morgan fingerprint density at radius 3 is 2.62 bits per heavy atom. The Hall–Kier alpha value is -1.77. The molecule has 0 bridgehead atoms. The van der Waals surface area contributed by atoms with Gasteiger partial charge in [-0.1, -0.05) is 18.7 Å². The molecule has 0 aromatic heterocycles. The van der Waals surface area contributed by atoms with Gasteiger partial charge in [0.2, 0.25) is 5.91 Å². The normalized spacial score (nSPS) is 10.3. The number of carbonyl (C=O) groups is 1. The quantitative estimate of drug-likeness (QED) is 0.707. The molecule has 0 aliphatic carbocycles. The van der Waals surface area contributed by atoms with Gasteiger partial charge < -0.3 is 10.5 Å². The highest BCUT2D eigenvalue weighted by Gasteiger charge is 2.04. The lowest BCUT2D eigenvalue weighted by Gasteiger charge is -2.02. The highest BCUT2D eigenvalue weighted by Crippen LogP contribution is 2.16. The van der Waals surface area contributed by atoms with Crippen molar-refractivity contribution in [1.82, 2.24) is 0 Å². The molecule has 1 aromatic carbocycles. The number of hydrogen-bond donors (Lipinski definition) is 1. The second-order valence-electron chi connectivity index (χ2n) is 2.51. The Kier molecular flexibility index (Phi) is 2.27. The molecule has 1 rings (SSSR count). The van der Waals surface area contributed by atoms with Crippen LogP contribution in [-0.4, -0.2) is 13.0 Å². The zero-order chi connectivity index (χ0) is 10.6. The molecule has 0 atom stereocenters. The number of carbonyl (C=O) groups excluding carboxylic acids is 1. The maximum Gasteiger partial charge on any atom is 0.248 e. The maximum atomic E-state index is 10.8. The molecule has 0 saturated heterocycles. The van der Waals surface area contributed by atoms with E-state index in [-0.39, 0.29) is 12.7 Å². The van der Waals surface area contributed by atoms with Gasteiger partial charge in [-0.25, -0.2) is 0 Å². The highest BCUT2D eigenvalue weighted by molar-refractivity contribution is 6.17. The number of primary amides is 1. The van der Waals surface area contributed by atoms with Crippen molar-refractivity contribution in [3.63, 3.8) is 0 Å². The molecule has 0 aliphatic heterocycles. The fourth-order valence-electron chi connectivity index (χ4n) is 0.895. The van der Waals surface area contributed by atoms with E-state index in [1.165, 1.54) is 0 Å². The summed E-state index contributed by atoms with van der Waals surface area (Å²) in [4.78, 5) is 10.8. The lowest BCUT2D eigenvalue weighted by Crippen LogP contribution is -2.11. The van der Waals surface area contributed by atoms with Crippen LogP contribution in [0.5, 0.6) is 5.75 Å². The Morgan fingerprint density at radius 2 is 2.15 bits per heavy atom. The van der Waals surface area contributed by atoms with Crippen LogP contribution in [0.15, 0.2) is 30.8 Å². The van der Waals surface area contributed by atoms with E-state index in [9.17, 15) is 4.79 Å². The van der Waals surface area contributed by atoms with Gasteiger partial charge in [-0.05, 0) is 17.7 Å². The average Bonchev–Trinajstić information content (AvgIpc) is 2.18. The molecule has 0 aliphatic rings. The van der Waals surface area contributed by atoms with E-state index < -0.39 is 5.91 Å². The Bertz CT molecular complexity index is 346. The van der Waals surface area contributed by atoms with Crippen LogP contribution in [0.25, 0.3) is 5.57 Å². The van der Waals surface area contributed by atoms with E-state index in [1.807, 2.05) is 0 Å². The summed E-state index contributed by atoms with van der Waals surface area (Å²) >= 11 is 0. The van der Waals surface area contributed by atoms with Gasteiger partial charge in [0.05, 0.1) is 8.46 Å². The molecular weight excluding hydrogens is 166 g/mol. The number of hydrogen-bond acceptors (Lipinski definition) is 2. The van der Waals surface area contributed by atoms with E-state index in [4.69, 9.17) is 11.8 Å². The number of methoxy groups -OCH3 is 1. The molecule has 0 fully saturated rings. The molecule has 1 amide bonds. The molecule has 3 nitrogen and oxygen atoms in total. The van der Waals surface area contributed by atoms with Gasteiger partial charge in [-0.3, -0.25) is 4.79 Å². The summed E-state index contributed by atoms with van der Waals surface area (Å²) < 4.78 is 11.8. The van der Waals surface area contributed by atoms with Crippen molar-refractivity contribution >= 4 is 11.5 Å². The van der Waals surface area contributed by atoms with Crippen molar-refractivity contribution < 1.29 is 10.9 Å². The van der Waals surface area contributed by atoms with Crippen LogP contribution >= 0.6 is 0 Å². The first-order valence-electron chi connectivity index (χ1n) is 4.37. The lowest BCUT2D eigenvalue weighted by atomic mass is 10.1. The van der Waals surface area contributed by atoms with Gasteiger partial charge >= 0.3 is 0 Å². The van der Waals surface area contributed by atoms with Crippen molar-refractivity contribution in [2.75, 3.05) is 7.09 Å². The van der Waals surface area contributed by atoms with Gasteiger partial charge in [-0.15, -0.1) is 0 Å². The first kappa shape index (κ1) is 7.86. The van der Waals surface area contributed by atoms with Gasteiger partial charge in [0, 0.05) is 5.57 Å². The van der Waals surface area contributed by atoms with E-state index in [2.05, 4.69) is 6.58 Å². The maximum absolute atomic E-state index is 10.8. The number of rotatable bonds is 3. The monoisotopic (exact) mass is 178 g/mol. The van der Waals surface area contributed by atoms with E-state index in [1.54, 1.807) is 24.3 Å². The third-order valence-electron chi connectivity index (χ3n) is 1.67. The van der Waals surface area contributed by atoms with E-state index in [0.717, 1.165) is 0 Å². The van der Waals surface area contributed by atoms with Gasteiger partial charge in [-0.2, -0.15) is 0 Å². The van der Waals surface area contributed by atoms with Crippen molar-refractivity contribution in [2.45, 2.75) is 0 Å². The van der Waals surface area contributed by atoms with Crippen molar-refractivity contribution in [1.29, 1.82) is 0 Å². The number of nitrogens with two attached hydrogens (primary N) is 1. The highest BCUT2D eigenvalue weighted by atomic mass is 16.5. The summed E-state index contributed by atoms with van der Waals surface area (Å²) in [6.07, 6.45) is 0. The second-order valence-corrected chi connectivity index (χ2v) is 2.51. The lowest BCUT2D eigenvalue weighted by molar-refractivity contribution is -0.112. The van der Waals surface area contributed by atoms with Crippen LogP contribution in [0.3, 0.4) is 0 Å². The SMILES string of the molecule is [2H]COc1ccc(C(=C)C(N)=O)cc1. The molecule has 0 unspecified atom stereocenters. The molecule has 0 radical (unpaired) electrons. The van der Waals surface area contributed by atoms with E-state index >= 15 is 0 Å². The minimum Gasteiger partial charge on any atom is -0.497 e. The fourth-order valence-corrected chi connectivity index (χ4v) is 0.895. The predicted molar refractivity (Wildman–Crippen MR) is 51.2 cm³/mol. The molecule has 0 heterocycles. The Labute approximate surface area is 78.2 Å². The van der Waals surface area contributed by atoms with Gasteiger partial charge in [0.25, 0.3) is 0 Å². The Morgan fingerprint density at radius 1 is 1.54 bits per heavy atom. The summed E-state index contributed by atoms with van der Waals surface area (Å²) in [6, 6.07) is 6.69. The molecule has 0 spiro atoms. The summed E-state index contributed by atoms with van der Waals surface area (Å²) in [5.74, 6) is 0.0418. The molecule has 0 saturated carbocycles. The first-order valence-corrected chi connectivity index (χ1v) is 3.66. The third kappa shape index (κ3) is 2.08. The molecule has 1 aromatic rings. The van der Waals surface area contributed by atoms with Gasteiger partial charge in [0.1, 0.15) is 5.75 Å². The molecule has 68 valence electrons. The zero-order valence-electron chi connectivity index (χ0n) is 8.12. The van der Waals surface area contributed by atoms with Crippen LogP contribution in [0.2, 0.25) is 0 Å². The first-order chi connectivity index (χ1) is 6.65. The van der Waals surface area contributed by atoms with Crippen molar-refractivity contribution in [3.05, 3.63) is 36.4 Å². The minimum atomic E-state index is -0.542. The average molecular weight is 178 g/mol. The van der Waals surface area contributed by atoms with Crippen LogP contribution in [0.1, 0.15) is 6.93 Å². The van der Waals surface area contributed by atoms with Crippen LogP contribution in [0, 0.1) is 0 Å². The van der Waals surface area contributed by atoms with Crippen molar-refractivity contribution in [3.8, 4) is 5.75 Å². The topological polar surface area (TPSA) is 52.3 Å². The van der Waals surface area contributed by atoms with Gasteiger partial charge in [0.15, 0.2) is 0 Å². The van der Waals surface area contributed by atoms with Crippen LogP contribution in [-0.2, 0) is 4.79 Å². The summed E-state index contributed by atoms with van der Waals surface area (Å²) in [5, 5.41) is 0. The fraction of sp³-hybridized carbons (Fsp3) is 0.100. The number of ether oxygens (including phenoxy) is 1. The molecule has 13 heavy (non-hydrogen) atoms. The summed E-state index contributed by atoms with van der Waals surface area (Å²) in [7, 11) is -0.129. The largest absolute Gasteiger partial charge is 0.497 e. The third-order valence-corrected chi connectivity index (χ3v) is 1.67. The smallest absolute Gasteiger partial charge is 0.248 e.